The van der Waals surface area contributed by atoms with Gasteiger partial charge in [0, 0.05) is 16.5 Å². The number of benzene rings is 2. The Morgan fingerprint density at radius 1 is 0.633 bits per heavy atom. The molecule has 0 saturated carbocycles. The maximum Gasteiger partial charge on any atom is 0.0636 e. The van der Waals surface area contributed by atoms with Crippen LogP contribution < -0.4 is 0 Å². The normalized spacial score (nSPS) is 12.0. The van der Waals surface area contributed by atoms with Crippen molar-refractivity contribution in [1.29, 1.82) is 0 Å². The van der Waals surface area contributed by atoms with Gasteiger partial charge < -0.3 is 0 Å². The van der Waals surface area contributed by atoms with Crippen LogP contribution >= 0.6 is 0 Å². The number of nitrogens with zero attached hydrogens (tertiary/aromatic N) is 2. The van der Waals surface area contributed by atoms with Gasteiger partial charge >= 0.3 is 0 Å². The molecule has 0 atom stereocenters. The Morgan fingerprint density at radius 3 is 1.53 bits per heavy atom. The largest absolute Gasteiger partial charge is 0.252 e. The van der Waals surface area contributed by atoms with Crippen LogP contribution in [0.25, 0.3) is 0 Å². The van der Waals surface area contributed by atoms with E-state index in [4.69, 9.17) is 9.98 Å². The van der Waals surface area contributed by atoms with Crippen molar-refractivity contribution in [3.63, 3.8) is 0 Å². The summed E-state index contributed by atoms with van der Waals surface area (Å²) in [5.41, 5.74) is 7.12. The summed E-state index contributed by atoms with van der Waals surface area (Å²) in [5, 5.41) is 0. The van der Waals surface area contributed by atoms with Crippen molar-refractivity contribution in [3.05, 3.63) is 59.7 Å². The van der Waals surface area contributed by atoms with Gasteiger partial charge in [0.2, 0.25) is 0 Å². The maximum absolute atomic E-state index is 5.12. The summed E-state index contributed by atoms with van der Waals surface area (Å²) < 4.78 is 0. The molecule has 2 aromatic carbocycles. The maximum atomic E-state index is 5.12. The smallest absolute Gasteiger partial charge is 0.0636 e. The van der Waals surface area contributed by atoms with Crippen LogP contribution in [0.4, 0.5) is 11.4 Å². The van der Waals surface area contributed by atoms with Gasteiger partial charge in [0.1, 0.15) is 0 Å². The Kier molecular flexibility index (Phi) is 13.3. The first-order valence-electron chi connectivity index (χ1n) is 11.5. The Hall–Kier alpha value is -1.73. The standard InChI is InChI=1S/C27H38N2.Ni/c1-5-9-11-19-27(29-25-17-13-15-23(8-4)21-25)26(18-10-6-2)28-24-16-12-14-22(7-3)20-24;/h12-17,20-21H,5-11,18-19H2,1-4H3;. The van der Waals surface area contributed by atoms with Crippen LogP contribution in [0.1, 0.15) is 83.8 Å². The number of aryl methyl sites for hydroxylation is 2. The van der Waals surface area contributed by atoms with E-state index in [-0.39, 0.29) is 16.5 Å². The summed E-state index contributed by atoms with van der Waals surface area (Å²) in [6.07, 6.45) is 10.0. The van der Waals surface area contributed by atoms with Crippen LogP contribution in [0.15, 0.2) is 58.5 Å². The summed E-state index contributed by atoms with van der Waals surface area (Å²) in [4.78, 5) is 10.2. The van der Waals surface area contributed by atoms with Gasteiger partial charge in [-0.1, -0.05) is 71.2 Å². The molecular formula is C27H38N2Ni. The molecule has 0 spiro atoms. The number of rotatable bonds is 12. The molecule has 166 valence electrons. The van der Waals surface area contributed by atoms with Gasteiger partial charge in [-0.15, -0.1) is 0 Å². The Morgan fingerprint density at radius 2 is 1.10 bits per heavy atom. The molecule has 0 aliphatic carbocycles. The number of hydrogen-bond acceptors (Lipinski definition) is 2. The van der Waals surface area contributed by atoms with Gasteiger partial charge in [0.25, 0.3) is 0 Å². The fourth-order valence-corrected chi connectivity index (χ4v) is 3.42. The topological polar surface area (TPSA) is 24.7 Å². The van der Waals surface area contributed by atoms with Crippen molar-refractivity contribution in [1.82, 2.24) is 0 Å². The number of aliphatic imine (C=N–C) groups is 2. The minimum Gasteiger partial charge on any atom is -0.252 e. The zero-order valence-corrected chi connectivity index (χ0v) is 20.2. The molecule has 0 fully saturated rings. The van der Waals surface area contributed by atoms with E-state index < -0.39 is 0 Å². The van der Waals surface area contributed by atoms with Crippen molar-refractivity contribution >= 4 is 22.8 Å². The molecule has 30 heavy (non-hydrogen) atoms. The molecule has 0 heterocycles. The molecule has 3 heteroatoms. The van der Waals surface area contributed by atoms with Gasteiger partial charge in [-0.05, 0) is 73.9 Å². The summed E-state index contributed by atoms with van der Waals surface area (Å²) in [7, 11) is 0. The predicted octanol–water partition coefficient (Wildman–Crippen LogP) is 8.42. The molecule has 0 radical (unpaired) electrons. The molecule has 2 aromatic rings. The summed E-state index contributed by atoms with van der Waals surface area (Å²) in [6, 6.07) is 17.3. The molecule has 0 saturated heterocycles. The Labute approximate surface area is 194 Å². The molecule has 0 unspecified atom stereocenters. The molecule has 0 amide bonds. The average molecular weight is 449 g/mol. The SMILES string of the molecule is CCCCCC(=Nc1cccc(CC)c1)C(CCCC)=Nc1cccc(CC)c1.[Ni]. The van der Waals surface area contributed by atoms with E-state index in [1.807, 2.05) is 0 Å². The predicted molar refractivity (Wildman–Crippen MR) is 129 cm³/mol. The second-order valence-electron chi connectivity index (χ2n) is 7.72. The van der Waals surface area contributed by atoms with E-state index in [0.29, 0.717) is 0 Å². The molecule has 0 aliphatic rings. The van der Waals surface area contributed by atoms with Crippen LogP contribution in [0.5, 0.6) is 0 Å². The number of unbranched alkanes of at least 4 members (excludes halogenated alkanes) is 3. The van der Waals surface area contributed by atoms with E-state index in [1.165, 1.54) is 42.5 Å². The molecule has 2 nitrogen and oxygen atoms in total. The third-order valence-electron chi connectivity index (χ3n) is 5.28. The van der Waals surface area contributed by atoms with Crippen molar-refractivity contribution in [3.8, 4) is 0 Å². The van der Waals surface area contributed by atoms with Gasteiger partial charge in [0.15, 0.2) is 0 Å². The van der Waals surface area contributed by atoms with Crippen molar-refractivity contribution in [2.24, 2.45) is 9.98 Å². The first-order chi connectivity index (χ1) is 14.2. The third kappa shape index (κ3) is 8.96. The van der Waals surface area contributed by atoms with Gasteiger partial charge in [-0.2, -0.15) is 0 Å². The first-order valence-corrected chi connectivity index (χ1v) is 11.5. The third-order valence-corrected chi connectivity index (χ3v) is 5.28. The van der Waals surface area contributed by atoms with Crippen molar-refractivity contribution in [2.75, 3.05) is 0 Å². The van der Waals surface area contributed by atoms with Crippen LogP contribution in [-0.2, 0) is 29.3 Å². The minimum absolute atomic E-state index is 0. The first kappa shape index (κ1) is 26.3. The molecular weight excluding hydrogens is 411 g/mol. The molecule has 0 N–H and O–H groups in total. The summed E-state index contributed by atoms with van der Waals surface area (Å²) >= 11 is 0. The molecule has 0 aromatic heterocycles. The van der Waals surface area contributed by atoms with Gasteiger partial charge in [0.05, 0.1) is 22.8 Å². The average Bonchev–Trinajstić information content (AvgIpc) is 2.76. The van der Waals surface area contributed by atoms with Crippen LogP contribution in [-0.4, -0.2) is 11.4 Å². The van der Waals surface area contributed by atoms with Crippen molar-refractivity contribution < 1.29 is 16.5 Å². The Balaban J connectivity index is 0.00000450. The number of hydrogen-bond donors (Lipinski definition) is 0. The molecule has 0 bridgehead atoms. The van der Waals surface area contributed by atoms with Crippen molar-refractivity contribution in [2.45, 2.75) is 85.5 Å². The van der Waals surface area contributed by atoms with Crippen LogP contribution in [0.2, 0.25) is 0 Å². The van der Waals surface area contributed by atoms with Gasteiger partial charge in [-0.25, -0.2) is 0 Å². The van der Waals surface area contributed by atoms with E-state index in [0.717, 1.165) is 49.2 Å². The fraction of sp³-hybridized carbons (Fsp3) is 0.481. The Bertz CT molecular complexity index is 808. The van der Waals surface area contributed by atoms with E-state index in [9.17, 15) is 0 Å². The second-order valence-corrected chi connectivity index (χ2v) is 7.72. The van der Waals surface area contributed by atoms with Gasteiger partial charge in [-0.3, -0.25) is 9.98 Å². The second kappa shape index (κ2) is 15.1. The van der Waals surface area contributed by atoms with Crippen LogP contribution in [0, 0.1) is 0 Å². The minimum atomic E-state index is 0. The van der Waals surface area contributed by atoms with Crippen LogP contribution in [0.3, 0.4) is 0 Å². The zero-order chi connectivity index (χ0) is 20.9. The molecule has 0 aliphatic heterocycles. The van der Waals surface area contributed by atoms with E-state index >= 15 is 0 Å². The monoisotopic (exact) mass is 448 g/mol. The fourth-order valence-electron chi connectivity index (χ4n) is 3.42. The van der Waals surface area contributed by atoms with E-state index in [1.54, 1.807) is 0 Å². The zero-order valence-electron chi connectivity index (χ0n) is 19.2. The summed E-state index contributed by atoms with van der Waals surface area (Å²) in [6.45, 7) is 8.89. The quantitative estimate of drug-likeness (QED) is 0.177. The molecule has 2 rings (SSSR count). The van der Waals surface area contributed by atoms with E-state index in [2.05, 4.69) is 76.2 Å². The summed E-state index contributed by atoms with van der Waals surface area (Å²) in [5.74, 6) is 0.